The number of ether oxygens (including phenoxy) is 2. The number of nitrogens with zero attached hydrogens (tertiary/aromatic N) is 4. The lowest BCUT2D eigenvalue weighted by Crippen LogP contribution is -2.01. The molecule has 0 atom stereocenters. The van der Waals surface area contributed by atoms with E-state index in [4.69, 9.17) is 9.47 Å². The van der Waals surface area contributed by atoms with Crippen LogP contribution in [0.4, 0.5) is 0 Å². The van der Waals surface area contributed by atoms with Gasteiger partial charge in [0, 0.05) is 24.8 Å². The van der Waals surface area contributed by atoms with E-state index in [2.05, 4.69) is 15.5 Å². The zero-order valence-electron chi connectivity index (χ0n) is 12.8. The number of carbonyl (C=O) groups excluding carboxylic acids is 1. The molecule has 8 heteroatoms. The van der Waals surface area contributed by atoms with Gasteiger partial charge in [-0.25, -0.2) is 4.68 Å². The molecule has 0 bridgehead atoms. The van der Waals surface area contributed by atoms with Crippen molar-refractivity contribution in [3.8, 4) is 11.5 Å². The Morgan fingerprint density at radius 3 is 2.68 bits per heavy atom. The number of aryl methyl sites for hydroxylation is 1. The van der Waals surface area contributed by atoms with Gasteiger partial charge in [0.05, 0.1) is 14.2 Å². The van der Waals surface area contributed by atoms with Crippen LogP contribution in [0.3, 0.4) is 0 Å². The van der Waals surface area contributed by atoms with Crippen molar-refractivity contribution in [2.75, 3.05) is 20.0 Å². The van der Waals surface area contributed by atoms with Gasteiger partial charge in [-0.2, -0.15) is 0 Å². The average molecular weight is 322 g/mol. The van der Waals surface area contributed by atoms with Gasteiger partial charge < -0.3 is 9.47 Å². The molecule has 1 aromatic carbocycles. The Morgan fingerprint density at radius 1 is 1.27 bits per heavy atom. The monoisotopic (exact) mass is 322 g/mol. The van der Waals surface area contributed by atoms with Crippen LogP contribution in [0, 0.1) is 0 Å². The molecule has 1 heterocycles. The van der Waals surface area contributed by atoms with Crippen molar-refractivity contribution in [2.24, 2.45) is 7.05 Å². The van der Waals surface area contributed by atoms with E-state index < -0.39 is 0 Å². The van der Waals surface area contributed by atoms with Gasteiger partial charge >= 0.3 is 0 Å². The summed E-state index contributed by atoms with van der Waals surface area (Å²) in [5.74, 6) is 2.04. The van der Waals surface area contributed by atoms with Crippen LogP contribution in [-0.4, -0.2) is 46.0 Å². The van der Waals surface area contributed by atoms with Crippen molar-refractivity contribution in [3.05, 3.63) is 23.8 Å². The van der Waals surface area contributed by atoms with Crippen LogP contribution in [0.5, 0.6) is 11.5 Å². The summed E-state index contributed by atoms with van der Waals surface area (Å²) < 4.78 is 12.0. The molecule has 0 saturated heterocycles. The molecule has 0 spiro atoms. The molecular weight excluding hydrogens is 304 g/mol. The van der Waals surface area contributed by atoms with E-state index in [1.54, 1.807) is 44.1 Å². The minimum atomic E-state index is 0.0812. The molecule has 0 fully saturated rings. The third kappa shape index (κ3) is 3.97. The summed E-state index contributed by atoms with van der Waals surface area (Å²) in [6, 6.07) is 5.20. The number of tetrazole rings is 1. The second-order valence-corrected chi connectivity index (χ2v) is 5.59. The van der Waals surface area contributed by atoms with E-state index in [1.807, 2.05) is 0 Å². The molecule has 22 heavy (non-hydrogen) atoms. The Kier molecular flexibility index (Phi) is 5.76. The molecule has 0 saturated carbocycles. The average Bonchev–Trinajstić information content (AvgIpc) is 2.95. The standard InChI is InChI=1S/C14H18N4O3S/c1-18-14(15-16-17-18)22-8-4-5-11(19)10-6-7-12(20-2)13(9-10)21-3/h6-7,9H,4-5,8H2,1-3H3. The maximum Gasteiger partial charge on any atom is 0.209 e. The summed E-state index contributed by atoms with van der Waals surface area (Å²) in [6.45, 7) is 0. The first-order valence-electron chi connectivity index (χ1n) is 6.76. The summed E-state index contributed by atoms with van der Waals surface area (Å²) in [4.78, 5) is 12.2. The summed E-state index contributed by atoms with van der Waals surface area (Å²) >= 11 is 1.53. The molecule has 2 aromatic rings. The lowest BCUT2D eigenvalue weighted by Gasteiger charge is -2.09. The molecule has 0 radical (unpaired) electrons. The Morgan fingerprint density at radius 2 is 2.05 bits per heavy atom. The van der Waals surface area contributed by atoms with E-state index in [0.717, 1.165) is 17.3 Å². The SMILES string of the molecule is COc1ccc(C(=O)CCCSc2nnnn2C)cc1OC. The number of hydrogen-bond donors (Lipinski definition) is 0. The van der Waals surface area contributed by atoms with Crippen LogP contribution in [0.1, 0.15) is 23.2 Å². The lowest BCUT2D eigenvalue weighted by atomic mass is 10.1. The molecule has 0 aliphatic carbocycles. The Bertz CT molecular complexity index is 645. The summed E-state index contributed by atoms with van der Waals surface area (Å²) in [7, 11) is 4.91. The predicted molar refractivity (Wildman–Crippen MR) is 82.6 cm³/mol. The molecule has 0 aliphatic rings. The summed E-state index contributed by atoms with van der Waals surface area (Å²) in [5, 5.41) is 12.0. The van der Waals surface area contributed by atoms with Gasteiger partial charge in [0.2, 0.25) is 5.16 Å². The number of rotatable bonds is 8. The molecule has 0 unspecified atom stereocenters. The highest BCUT2D eigenvalue weighted by Crippen LogP contribution is 2.28. The fourth-order valence-corrected chi connectivity index (χ4v) is 2.68. The van der Waals surface area contributed by atoms with Crippen LogP contribution >= 0.6 is 11.8 Å². The van der Waals surface area contributed by atoms with Gasteiger partial charge in [0.1, 0.15) is 0 Å². The highest BCUT2D eigenvalue weighted by molar-refractivity contribution is 7.99. The van der Waals surface area contributed by atoms with Gasteiger partial charge in [0.25, 0.3) is 0 Å². The maximum absolute atomic E-state index is 12.2. The van der Waals surface area contributed by atoms with E-state index in [9.17, 15) is 4.79 Å². The van der Waals surface area contributed by atoms with Crippen LogP contribution in [-0.2, 0) is 7.05 Å². The van der Waals surface area contributed by atoms with E-state index in [0.29, 0.717) is 23.5 Å². The van der Waals surface area contributed by atoms with Crippen LogP contribution in [0.15, 0.2) is 23.4 Å². The fraction of sp³-hybridized carbons (Fsp3) is 0.429. The van der Waals surface area contributed by atoms with Crippen LogP contribution < -0.4 is 9.47 Å². The van der Waals surface area contributed by atoms with Gasteiger partial charge in [-0.3, -0.25) is 4.79 Å². The largest absolute Gasteiger partial charge is 0.493 e. The third-order valence-corrected chi connectivity index (χ3v) is 4.16. The lowest BCUT2D eigenvalue weighted by molar-refractivity contribution is 0.0981. The topological polar surface area (TPSA) is 79.1 Å². The van der Waals surface area contributed by atoms with Crippen molar-refractivity contribution in [1.82, 2.24) is 20.2 Å². The highest BCUT2D eigenvalue weighted by Gasteiger charge is 2.11. The quantitative estimate of drug-likeness (QED) is 0.418. The fourth-order valence-electron chi connectivity index (χ4n) is 1.89. The first kappa shape index (κ1) is 16.3. The van der Waals surface area contributed by atoms with E-state index in [1.165, 1.54) is 11.8 Å². The van der Waals surface area contributed by atoms with Crippen molar-refractivity contribution in [1.29, 1.82) is 0 Å². The van der Waals surface area contributed by atoms with E-state index >= 15 is 0 Å². The number of methoxy groups -OCH3 is 2. The van der Waals surface area contributed by atoms with Gasteiger partial charge in [-0.15, -0.1) is 5.10 Å². The number of benzene rings is 1. The molecule has 0 N–H and O–H groups in total. The van der Waals surface area contributed by atoms with Crippen molar-refractivity contribution < 1.29 is 14.3 Å². The van der Waals surface area contributed by atoms with Gasteiger partial charge in [-0.1, -0.05) is 11.8 Å². The van der Waals surface area contributed by atoms with Gasteiger partial charge in [0.15, 0.2) is 17.3 Å². The Hall–Kier alpha value is -2.09. The third-order valence-electron chi connectivity index (χ3n) is 3.07. The first-order valence-corrected chi connectivity index (χ1v) is 7.74. The number of thioether (sulfide) groups is 1. The van der Waals surface area contributed by atoms with Crippen LogP contribution in [0.2, 0.25) is 0 Å². The molecule has 0 aliphatic heterocycles. The number of ketones is 1. The second-order valence-electron chi connectivity index (χ2n) is 4.53. The molecule has 118 valence electrons. The molecule has 7 nitrogen and oxygen atoms in total. The second kappa shape index (κ2) is 7.79. The highest BCUT2D eigenvalue weighted by atomic mass is 32.2. The molecule has 1 aromatic heterocycles. The molecule has 0 amide bonds. The number of Topliss-reactive ketones (excluding diaryl/α,β-unsaturated/α-hetero) is 1. The minimum Gasteiger partial charge on any atom is -0.493 e. The zero-order chi connectivity index (χ0) is 15.9. The summed E-state index contributed by atoms with van der Waals surface area (Å²) in [5.41, 5.74) is 0.628. The van der Waals surface area contributed by atoms with Crippen molar-refractivity contribution >= 4 is 17.5 Å². The first-order chi connectivity index (χ1) is 10.7. The van der Waals surface area contributed by atoms with Crippen LogP contribution in [0.25, 0.3) is 0 Å². The Balaban J connectivity index is 1.86. The Labute approximate surface area is 133 Å². The molecule has 2 rings (SSSR count). The normalized spacial score (nSPS) is 10.5. The maximum atomic E-state index is 12.2. The van der Waals surface area contributed by atoms with Crippen molar-refractivity contribution in [3.63, 3.8) is 0 Å². The molecular formula is C14H18N4O3S. The van der Waals surface area contributed by atoms with E-state index in [-0.39, 0.29) is 5.78 Å². The predicted octanol–water partition coefficient (Wildman–Crippen LogP) is 1.98. The zero-order valence-corrected chi connectivity index (χ0v) is 13.6. The number of hydrogen-bond acceptors (Lipinski definition) is 7. The van der Waals surface area contributed by atoms with Gasteiger partial charge in [-0.05, 0) is 35.0 Å². The smallest absolute Gasteiger partial charge is 0.209 e. The van der Waals surface area contributed by atoms with Crippen molar-refractivity contribution in [2.45, 2.75) is 18.0 Å². The minimum absolute atomic E-state index is 0.0812. The summed E-state index contributed by atoms with van der Waals surface area (Å²) in [6.07, 6.45) is 1.22. The number of carbonyl (C=O) groups is 1. The number of aromatic nitrogens is 4.